The Hall–Kier alpha value is -4.54. The second-order valence-electron chi connectivity index (χ2n) is 6.87. The third-order valence-corrected chi connectivity index (χ3v) is 4.84. The number of carbonyl (C=O) groups excluding carboxylic acids is 2. The summed E-state index contributed by atoms with van der Waals surface area (Å²) in [6.45, 7) is 1.20. The van der Waals surface area contributed by atoms with Gasteiger partial charge in [-0.1, -0.05) is 18.2 Å². The van der Waals surface area contributed by atoms with E-state index in [1.807, 2.05) is 0 Å². The van der Waals surface area contributed by atoms with Gasteiger partial charge in [-0.05, 0) is 31.2 Å². The number of anilines is 1. The van der Waals surface area contributed by atoms with Crippen molar-refractivity contribution in [3.8, 4) is 5.69 Å². The molecule has 10 nitrogen and oxygen atoms in total. The van der Waals surface area contributed by atoms with Crippen LogP contribution in [0.2, 0.25) is 0 Å². The first kappa shape index (κ1) is 20.7. The summed E-state index contributed by atoms with van der Waals surface area (Å²) in [6.07, 6.45) is 1.28. The number of nitrogens with one attached hydrogen (secondary N) is 4. The summed E-state index contributed by atoms with van der Waals surface area (Å²) in [6, 6.07) is 10.5. The molecular formula is C21H17FN6O4. The number of benzene rings is 2. The van der Waals surface area contributed by atoms with Gasteiger partial charge in [0.25, 0.3) is 17.0 Å². The lowest BCUT2D eigenvalue weighted by Gasteiger charge is -2.09. The molecule has 4 N–H and O–H groups in total. The second kappa shape index (κ2) is 8.30. The van der Waals surface area contributed by atoms with Crippen molar-refractivity contribution < 1.29 is 14.0 Å². The van der Waals surface area contributed by atoms with E-state index in [2.05, 4.69) is 25.9 Å². The molecule has 0 spiro atoms. The number of para-hydroxylation sites is 1. The molecule has 0 atom stereocenters. The van der Waals surface area contributed by atoms with Crippen LogP contribution in [0, 0.1) is 12.7 Å². The molecule has 4 rings (SSSR count). The maximum Gasteiger partial charge on any atom is 0.272 e. The highest BCUT2D eigenvalue weighted by molar-refractivity contribution is 6.04. The van der Waals surface area contributed by atoms with Crippen molar-refractivity contribution in [2.45, 2.75) is 6.92 Å². The fraction of sp³-hybridized carbons (Fsp3) is 0.0952. The summed E-state index contributed by atoms with van der Waals surface area (Å²) in [5.74, 6) is -1.67. The third kappa shape index (κ3) is 3.78. The van der Waals surface area contributed by atoms with Gasteiger partial charge >= 0.3 is 0 Å². The van der Waals surface area contributed by atoms with E-state index in [1.54, 1.807) is 19.1 Å². The lowest BCUT2D eigenvalue weighted by molar-refractivity contribution is -0.115. The van der Waals surface area contributed by atoms with Crippen molar-refractivity contribution in [1.29, 1.82) is 0 Å². The molecule has 2 heterocycles. The van der Waals surface area contributed by atoms with Crippen LogP contribution in [0.4, 0.5) is 10.1 Å². The van der Waals surface area contributed by atoms with E-state index in [1.165, 1.54) is 41.2 Å². The number of aromatic amines is 2. The van der Waals surface area contributed by atoms with E-state index in [0.29, 0.717) is 5.69 Å². The topological polar surface area (TPSA) is 142 Å². The van der Waals surface area contributed by atoms with Gasteiger partial charge in [-0.25, -0.2) is 9.07 Å². The van der Waals surface area contributed by atoms with Crippen LogP contribution in [0.3, 0.4) is 0 Å². The predicted molar refractivity (Wildman–Crippen MR) is 114 cm³/mol. The van der Waals surface area contributed by atoms with Crippen LogP contribution in [0.5, 0.6) is 0 Å². The Morgan fingerprint density at radius 1 is 1.06 bits per heavy atom. The minimum absolute atomic E-state index is 0.0259. The number of hydrogen-bond donors (Lipinski definition) is 4. The molecule has 0 aliphatic heterocycles. The molecule has 11 heteroatoms. The van der Waals surface area contributed by atoms with Gasteiger partial charge in [-0.3, -0.25) is 29.4 Å². The highest BCUT2D eigenvalue weighted by Gasteiger charge is 2.18. The zero-order chi connectivity index (χ0) is 22.8. The zero-order valence-electron chi connectivity index (χ0n) is 16.7. The molecule has 2 amide bonds. The first-order valence-corrected chi connectivity index (χ1v) is 9.48. The molecule has 0 fully saturated rings. The number of aromatic nitrogens is 4. The average Bonchev–Trinajstić information content (AvgIpc) is 3.16. The summed E-state index contributed by atoms with van der Waals surface area (Å²) in [4.78, 5) is 48.8. The Bertz CT molecular complexity index is 1470. The summed E-state index contributed by atoms with van der Waals surface area (Å²) in [7, 11) is 0. The van der Waals surface area contributed by atoms with Gasteiger partial charge in [0.2, 0.25) is 5.91 Å². The highest BCUT2D eigenvalue weighted by atomic mass is 19.1. The van der Waals surface area contributed by atoms with Crippen LogP contribution < -0.4 is 21.8 Å². The number of nitrogens with zero attached hydrogens (tertiary/aromatic N) is 2. The van der Waals surface area contributed by atoms with E-state index in [4.69, 9.17) is 0 Å². The monoisotopic (exact) mass is 436 g/mol. The van der Waals surface area contributed by atoms with Crippen LogP contribution in [0.1, 0.15) is 16.1 Å². The molecule has 0 aliphatic rings. The summed E-state index contributed by atoms with van der Waals surface area (Å²) in [5, 5.41) is 13.6. The van der Waals surface area contributed by atoms with Gasteiger partial charge in [0.15, 0.2) is 0 Å². The lowest BCUT2D eigenvalue weighted by Crippen LogP contribution is -2.33. The van der Waals surface area contributed by atoms with Crippen LogP contribution in [-0.4, -0.2) is 38.3 Å². The Balaban J connectivity index is 1.48. The first-order chi connectivity index (χ1) is 15.4. The average molecular weight is 436 g/mol. The summed E-state index contributed by atoms with van der Waals surface area (Å²) in [5.41, 5.74) is -0.181. The Labute approximate surface area is 179 Å². The van der Waals surface area contributed by atoms with Gasteiger partial charge in [0, 0.05) is 0 Å². The van der Waals surface area contributed by atoms with Crippen molar-refractivity contribution in [3.05, 3.63) is 86.4 Å². The molecule has 2 aromatic heterocycles. The van der Waals surface area contributed by atoms with Gasteiger partial charge in [0.1, 0.15) is 11.5 Å². The van der Waals surface area contributed by atoms with Crippen molar-refractivity contribution in [2.75, 3.05) is 11.9 Å². The van der Waals surface area contributed by atoms with E-state index >= 15 is 0 Å². The molecule has 0 bridgehead atoms. The predicted octanol–water partition coefficient (Wildman–Crippen LogP) is 1.22. The van der Waals surface area contributed by atoms with Crippen LogP contribution in [-0.2, 0) is 4.79 Å². The molecule has 0 radical (unpaired) electrons. The standard InChI is InChI=1S/C21H17FN6O4/c1-11-13(9-24-28(11)16-8-3-2-6-14(16)22)19(30)23-10-17(29)25-15-7-4-5-12-18(15)21(32)27-26-20(12)31/h2-9H,10H2,1H3,(H,23,30)(H,25,29)(H,26,31)(H,27,32). The molecule has 2 aromatic carbocycles. The Morgan fingerprint density at radius 3 is 2.59 bits per heavy atom. The number of carbonyl (C=O) groups is 2. The maximum absolute atomic E-state index is 14.0. The smallest absolute Gasteiger partial charge is 0.272 e. The number of halogens is 1. The normalized spacial score (nSPS) is 10.8. The fourth-order valence-corrected chi connectivity index (χ4v) is 3.28. The lowest BCUT2D eigenvalue weighted by atomic mass is 10.1. The second-order valence-corrected chi connectivity index (χ2v) is 6.87. The molecular weight excluding hydrogens is 419 g/mol. The van der Waals surface area contributed by atoms with Gasteiger partial charge in [-0.2, -0.15) is 5.10 Å². The van der Waals surface area contributed by atoms with Crippen molar-refractivity contribution in [1.82, 2.24) is 25.3 Å². The molecule has 32 heavy (non-hydrogen) atoms. The fourth-order valence-electron chi connectivity index (χ4n) is 3.28. The van der Waals surface area contributed by atoms with E-state index in [9.17, 15) is 23.6 Å². The minimum Gasteiger partial charge on any atom is -0.343 e. The van der Waals surface area contributed by atoms with E-state index in [0.717, 1.165) is 0 Å². The van der Waals surface area contributed by atoms with Crippen molar-refractivity contribution in [2.24, 2.45) is 0 Å². The molecule has 4 aromatic rings. The first-order valence-electron chi connectivity index (χ1n) is 9.48. The number of H-pyrrole nitrogens is 2. The van der Waals surface area contributed by atoms with Gasteiger partial charge in [0.05, 0.1) is 40.5 Å². The number of hydrogen-bond acceptors (Lipinski definition) is 5. The molecule has 162 valence electrons. The number of fused-ring (bicyclic) bond motifs is 1. The zero-order valence-corrected chi connectivity index (χ0v) is 16.7. The molecule has 0 saturated carbocycles. The summed E-state index contributed by atoms with van der Waals surface area (Å²) < 4.78 is 15.3. The van der Waals surface area contributed by atoms with Crippen LogP contribution in [0.25, 0.3) is 16.5 Å². The highest BCUT2D eigenvalue weighted by Crippen LogP contribution is 2.18. The van der Waals surface area contributed by atoms with Crippen molar-refractivity contribution in [3.63, 3.8) is 0 Å². The Kier molecular flexibility index (Phi) is 5.37. The number of rotatable bonds is 5. The van der Waals surface area contributed by atoms with Crippen LogP contribution in [0.15, 0.2) is 58.3 Å². The molecule has 0 unspecified atom stereocenters. The SMILES string of the molecule is Cc1c(C(=O)NCC(=O)Nc2cccc3c(=O)[nH][nH]c(=O)c23)cnn1-c1ccccc1F. The largest absolute Gasteiger partial charge is 0.343 e. The minimum atomic E-state index is -0.607. The number of amides is 2. The quantitative estimate of drug-likeness (QED) is 0.372. The van der Waals surface area contributed by atoms with Gasteiger partial charge in [-0.15, -0.1) is 0 Å². The molecule has 0 aliphatic carbocycles. The summed E-state index contributed by atoms with van der Waals surface area (Å²) >= 11 is 0. The van der Waals surface area contributed by atoms with Gasteiger partial charge < -0.3 is 10.6 Å². The van der Waals surface area contributed by atoms with E-state index in [-0.39, 0.29) is 27.7 Å². The maximum atomic E-state index is 14.0. The van der Waals surface area contributed by atoms with Crippen molar-refractivity contribution >= 4 is 28.3 Å². The Morgan fingerprint density at radius 2 is 1.81 bits per heavy atom. The van der Waals surface area contributed by atoms with Crippen LogP contribution >= 0.6 is 0 Å². The van der Waals surface area contributed by atoms with E-state index < -0.39 is 35.3 Å². The molecule has 0 saturated heterocycles. The third-order valence-electron chi connectivity index (χ3n) is 4.84.